The number of aryl methyl sites for hydroxylation is 2. The Labute approximate surface area is 158 Å². The molecule has 2 aromatic rings. The summed E-state index contributed by atoms with van der Waals surface area (Å²) in [5, 5.41) is 5.84. The number of amides is 2. The van der Waals surface area contributed by atoms with E-state index in [1.807, 2.05) is 12.1 Å². The normalized spacial score (nSPS) is 13.3. The summed E-state index contributed by atoms with van der Waals surface area (Å²) in [6.45, 7) is 4.18. The van der Waals surface area contributed by atoms with E-state index >= 15 is 0 Å². The first-order chi connectivity index (χ1) is 12.5. The minimum Gasteiger partial charge on any atom is -0.349 e. The predicted molar refractivity (Wildman–Crippen MR) is 107 cm³/mol. The fourth-order valence-corrected chi connectivity index (χ4v) is 3.51. The monoisotopic (exact) mass is 368 g/mol. The molecule has 0 spiro atoms. The molecule has 0 aromatic heterocycles. The first-order valence-electron chi connectivity index (χ1n) is 8.93. The van der Waals surface area contributed by atoms with Gasteiger partial charge in [0, 0.05) is 23.1 Å². The highest BCUT2D eigenvalue weighted by Crippen LogP contribution is 2.23. The molecule has 0 saturated heterocycles. The summed E-state index contributed by atoms with van der Waals surface area (Å²) < 4.78 is 0. The number of carbonyl (C=O) groups excluding carboxylic acids is 2. The molecular weight excluding hydrogens is 344 g/mol. The Bertz CT molecular complexity index is 815. The smallest absolute Gasteiger partial charge is 0.253 e. The van der Waals surface area contributed by atoms with E-state index in [-0.39, 0.29) is 11.8 Å². The zero-order valence-corrected chi connectivity index (χ0v) is 16.0. The Balaban J connectivity index is 1.53. The molecule has 5 heteroatoms. The molecule has 0 unspecified atom stereocenters. The van der Waals surface area contributed by atoms with Crippen LogP contribution in [0.1, 0.15) is 40.7 Å². The van der Waals surface area contributed by atoms with Crippen LogP contribution < -0.4 is 10.6 Å². The lowest BCUT2D eigenvalue weighted by atomic mass is 10.1. The van der Waals surface area contributed by atoms with Gasteiger partial charge in [-0.1, -0.05) is 18.2 Å². The average Bonchev–Trinajstić information content (AvgIpc) is 3.42. The van der Waals surface area contributed by atoms with Gasteiger partial charge in [0.25, 0.3) is 5.91 Å². The molecule has 1 fully saturated rings. The fourth-order valence-electron chi connectivity index (χ4n) is 2.56. The van der Waals surface area contributed by atoms with Crippen LogP contribution in [0.2, 0.25) is 0 Å². The molecule has 2 aromatic carbocycles. The lowest BCUT2D eigenvalue weighted by molar-refractivity contribution is -0.115. The molecule has 0 radical (unpaired) electrons. The second-order valence-electron chi connectivity index (χ2n) is 6.69. The van der Waals surface area contributed by atoms with Crippen molar-refractivity contribution in [3.05, 3.63) is 59.2 Å². The Kier molecular flexibility index (Phi) is 5.99. The number of anilines is 1. The predicted octanol–water partition coefficient (Wildman–Crippen LogP) is 4.32. The highest BCUT2D eigenvalue weighted by atomic mass is 32.2. The molecule has 26 heavy (non-hydrogen) atoms. The van der Waals surface area contributed by atoms with E-state index in [2.05, 4.69) is 42.7 Å². The van der Waals surface area contributed by atoms with Gasteiger partial charge in [0.15, 0.2) is 0 Å². The van der Waals surface area contributed by atoms with Crippen LogP contribution in [0, 0.1) is 13.8 Å². The van der Waals surface area contributed by atoms with Gasteiger partial charge in [-0.3, -0.25) is 9.59 Å². The molecule has 136 valence electrons. The number of hydrogen-bond donors (Lipinski definition) is 2. The summed E-state index contributed by atoms with van der Waals surface area (Å²) >= 11 is 1.67. The number of carbonyl (C=O) groups is 2. The van der Waals surface area contributed by atoms with Crippen molar-refractivity contribution in [3.8, 4) is 0 Å². The van der Waals surface area contributed by atoms with Crippen molar-refractivity contribution in [2.75, 3.05) is 11.1 Å². The first-order valence-corrected chi connectivity index (χ1v) is 9.91. The largest absolute Gasteiger partial charge is 0.349 e. The lowest BCUT2D eigenvalue weighted by Gasteiger charge is -2.11. The Morgan fingerprint density at radius 2 is 1.85 bits per heavy atom. The Hall–Kier alpha value is -2.27. The number of para-hydroxylation sites is 1. The van der Waals surface area contributed by atoms with Crippen molar-refractivity contribution in [1.82, 2.24) is 5.32 Å². The van der Waals surface area contributed by atoms with Crippen LogP contribution in [0.4, 0.5) is 5.69 Å². The number of rotatable bonds is 7. The van der Waals surface area contributed by atoms with Gasteiger partial charge >= 0.3 is 0 Å². The third kappa shape index (κ3) is 5.11. The van der Waals surface area contributed by atoms with Gasteiger partial charge < -0.3 is 10.6 Å². The van der Waals surface area contributed by atoms with Crippen molar-refractivity contribution >= 4 is 29.3 Å². The van der Waals surface area contributed by atoms with Crippen LogP contribution in [0.3, 0.4) is 0 Å². The number of benzene rings is 2. The molecule has 4 nitrogen and oxygen atoms in total. The molecule has 3 rings (SSSR count). The molecule has 0 atom stereocenters. The number of thioether (sulfide) groups is 1. The minimum atomic E-state index is -0.118. The van der Waals surface area contributed by atoms with Crippen LogP contribution >= 0.6 is 11.8 Å². The summed E-state index contributed by atoms with van der Waals surface area (Å²) in [5.41, 5.74) is 3.63. The topological polar surface area (TPSA) is 58.2 Å². The van der Waals surface area contributed by atoms with Crippen LogP contribution in [0.5, 0.6) is 0 Å². The Morgan fingerprint density at radius 3 is 2.58 bits per heavy atom. The van der Waals surface area contributed by atoms with Crippen LogP contribution in [-0.2, 0) is 4.79 Å². The van der Waals surface area contributed by atoms with E-state index in [0.29, 0.717) is 29.5 Å². The van der Waals surface area contributed by atoms with Gasteiger partial charge in [-0.15, -0.1) is 11.8 Å². The van der Waals surface area contributed by atoms with Crippen molar-refractivity contribution < 1.29 is 9.59 Å². The Morgan fingerprint density at radius 1 is 1.08 bits per heavy atom. The fraction of sp³-hybridized carbons (Fsp3) is 0.333. The van der Waals surface area contributed by atoms with E-state index in [1.54, 1.807) is 23.9 Å². The summed E-state index contributed by atoms with van der Waals surface area (Å²) in [5.74, 6) is 0.506. The SMILES string of the molecule is Cc1ccc(SCCC(=O)Nc2ccccc2C(=O)NC2CC2)cc1C. The third-order valence-electron chi connectivity index (χ3n) is 4.43. The van der Waals surface area contributed by atoms with Gasteiger partial charge in [0.05, 0.1) is 11.3 Å². The molecule has 2 amide bonds. The van der Waals surface area contributed by atoms with E-state index in [0.717, 1.165) is 12.8 Å². The number of nitrogens with one attached hydrogen (secondary N) is 2. The molecule has 2 N–H and O–H groups in total. The average molecular weight is 369 g/mol. The zero-order valence-electron chi connectivity index (χ0n) is 15.2. The minimum absolute atomic E-state index is 0.0759. The van der Waals surface area contributed by atoms with Gasteiger partial charge in [0.2, 0.25) is 5.91 Å². The third-order valence-corrected chi connectivity index (χ3v) is 5.43. The maximum Gasteiger partial charge on any atom is 0.253 e. The van der Waals surface area contributed by atoms with Crippen molar-refractivity contribution in [1.29, 1.82) is 0 Å². The van der Waals surface area contributed by atoms with Crippen LogP contribution in [-0.4, -0.2) is 23.6 Å². The maximum absolute atomic E-state index is 12.3. The quantitative estimate of drug-likeness (QED) is 0.716. The molecule has 1 aliphatic carbocycles. The van der Waals surface area contributed by atoms with Crippen LogP contribution in [0.25, 0.3) is 0 Å². The van der Waals surface area contributed by atoms with E-state index in [4.69, 9.17) is 0 Å². The highest BCUT2D eigenvalue weighted by Gasteiger charge is 2.24. The summed E-state index contributed by atoms with van der Waals surface area (Å²) in [6, 6.07) is 13.8. The van der Waals surface area contributed by atoms with E-state index in [9.17, 15) is 9.59 Å². The van der Waals surface area contributed by atoms with E-state index < -0.39 is 0 Å². The summed E-state index contributed by atoms with van der Waals surface area (Å²) in [7, 11) is 0. The summed E-state index contributed by atoms with van der Waals surface area (Å²) in [4.78, 5) is 25.7. The zero-order chi connectivity index (χ0) is 18.5. The standard InChI is InChI=1S/C21H24N2O2S/c1-14-7-10-17(13-15(14)2)26-12-11-20(24)23-19-6-4-3-5-18(19)21(25)22-16-8-9-16/h3-7,10,13,16H,8-9,11-12H2,1-2H3,(H,22,25)(H,23,24). The second-order valence-corrected chi connectivity index (χ2v) is 7.85. The van der Waals surface area contributed by atoms with Crippen molar-refractivity contribution in [2.45, 2.75) is 44.0 Å². The lowest BCUT2D eigenvalue weighted by Crippen LogP contribution is -2.27. The summed E-state index contributed by atoms with van der Waals surface area (Å²) in [6.07, 6.45) is 2.47. The van der Waals surface area contributed by atoms with Gasteiger partial charge in [-0.25, -0.2) is 0 Å². The molecule has 0 aliphatic heterocycles. The van der Waals surface area contributed by atoms with Crippen LogP contribution in [0.15, 0.2) is 47.4 Å². The molecule has 0 bridgehead atoms. The maximum atomic E-state index is 12.3. The van der Waals surface area contributed by atoms with Gasteiger partial charge in [0.1, 0.15) is 0 Å². The number of hydrogen-bond acceptors (Lipinski definition) is 3. The molecule has 0 heterocycles. The van der Waals surface area contributed by atoms with Gasteiger partial charge in [-0.2, -0.15) is 0 Å². The van der Waals surface area contributed by atoms with Crippen molar-refractivity contribution in [2.24, 2.45) is 0 Å². The van der Waals surface area contributed by atoms with E-state index in [1.165, 1.54) is 16.0 Å². The molecule has 1 aliphatic rings. The van der Waals surface area contributed by atoms with Gasteiger partial charge in [-0.05, 0) is 62.1 Å². The first kappa shape index (κ1) is 18.5. The van der Waals surface area contributed by atoms with Crippen molar-refractivity contribution in [3.63, 3.8) is 0 Å². The molecular formula is C21H24N2O2S. The second kappa shape index (κ2) is 8.41. The highest BCUT2D eigenvalue weighted by molar-refractivity contribution is 7.99. The molecule has 1 saturated carbocycles.